The van der Waals surface area contributed by atoms with Crippen molar-refractivity contribution in [2.45, 2.75) is 19.0 Å². The number of anilines is 2. The highest BCUT2D eigenvalue weighted by Gasteiger charge is 2.15. The number of carbonyl (C=O) groups excluding carboxylic acids is 2. The Labute approximate surface area is 181 Å². The number of halogens is 1. The van der Waals surface area contributed by atoms with Crippen LogP contribution < -0.4 is 16.2 Å². The lowest BCUT2D eigenvalue weighted by molar-refractivity contribution is -0.119. The summed E-state index contributed by atoms with van der Waals surface area (Å²) in [5.74, 6) is -1.17. The minimum Gasteiger partial charge on any atom is -0.325 e. The standard InChI is InChI=1S/C21H20FN5O3S/c1-12(2)19(29)24-16-6-4-3-5-15(16)18-20(30)25-21(27-26-18)31-11-17(28)23-14-9-7-13(22)8-10-14/h3-10,12H,11H2,1-2H3,(H,23,28)(H,24,29)(H,25,27,30). The van der Waals surface area contributed by atoms with E-state index in [2.05, 4.69) is 25.8 Å². The summed E-state index contributed by atoms with van der Waals surface area (Å²) in [6.45, 7) is 3.53. The highest BCUT2D eigenvalue weighted by molar-refractivity contribution is 7.99. The monoisotopic (exact) mass is 441 g/mol. The van der Waals surface area contributed by atoms with Crippen LogP contribution in [0.15, 0.2) is 58.5 Å². The molecule has 2 amide bonds. The molecule has 0 spiro atoms. The van der Waals surface area contributed by atoms with Crippen LogP contribution in [-0.4, -0.2) is 32.7 Å². The molecule has 1 heterocycles. The number of nitrogens with zero attached hydrogens (tertiary/aromatic N) is 2. The zero-order chi connectivity index (χ0) is 22.4. The molecule has 10 heteroatoms. The topological polar surface area (TPSA) is 117 Å². The number of aromatic amines is 1. The summed E-state index contributed by atoms with van der Waals surface area (Å²) in [5.41, 5.74) is 0.917. The number of rotatable bonds is 7. The summed E-state index contributed by atoms with van der Waals surface area (Å²) in [7, 11) is 0. The predicted octanol–water partition coefficient (Wildman–Crippen LogP) is 3.30. The SMILES string of the molecule is CC(C)C(=O)Nc1ccccc1-c1nnc(SCC(=O)Nc2ccc(F)cc2)[nH]c1=O. The van der Waals surface area contributed by atoms with Crippen molar-refractivity contribution in [2.24, 2.45) is 5.92 Å². The number of para-hydroxylation sites is 1. The summed E-state index contributed by atoms with van der Waals surface area (Å²) < 4.78 is 12.9. The van der Waals surface area contributed by atoms with Crippen molar-refractivity contribution in [1.82, 2.24) is 15.2 Å². The van der Waals surface area contributed by atoms with E-state index in [1.807, 2.05) is 0 Å². The van der Waals surface area contributed by atoms with E-state index in [0.29, 0.717) is 16.9 Å². The van der Waals surface area contributed by atoms with E-state index >= 15 is 0 Å². The Kier molecular flexibility index (Phi) is 7.14. The van der Waals surface area contributed by atoms with Gasteiger partial charge in [0.05, 0.1) is 11.4 Å². The minimum absolute atomic E-state index is 0.0254. The smallest absolute Gasteiger partial charge is 0.278 e. The molecule has 8 nitrogen and oxygen atoms in total. The third kappa shape index (κ3) is 5.98. The van der Waals surface area contributed by atoms with Crippen LogP contribution >= 0.6 is 11.8 Å². The van der Waals surface area contributed by atoms with Crippen LogP contribution in [0.5, 0.6) is 0 Å². The van der Waals surface area contributed by atoms with Gasteiger partial charge in [-0.3, -0.25) is 19.4 Å². The number of thioether (sulfide) groups is 1. The van der Waals surface area contributed by atoms with Gasteiger partial charge in [-0.1, -0.05) is 43.8 Å². The molecular weight excluding hydrogens is 421 g/mol. The van der Waals surface area contributed by atoms with Gasteiger partial charge >= 0.3 is 0 Å². The van der Waals surface area contributed by atoms with Crippen molar-refractivity contribution < 1.29 is 14.0 Å². The fourth-order valence-electron chi connectivity index (χ4n) is 2.50. The average molecular weight is 441 g/mol. The van der Waals surface area contributed by atoms with Gasteiger partial charge in [-0.25, -0.2) is 4.39 Å². The predicted molar refractivity (Wildman–Crippen MR) is 117 cm³/mol. The van der Waals surface area contributed by atoms with Gasteiger partial charge in [0.1, 0.15) is 5.82 Å². The molecule has 0 aliphatic carbocycles. The van der Waals surface area contributed by atoms with Gasteiger partial charge in [0.2, 0.25) is 11.8 Å². The van der Waals surface area contributed by atoms with Crippen LogP contribution in [-0.2, 0) is 9.59 Å². The molecule has 0 saturated carbocycles. The van der Waals surface area contributed by atoms with E-state index in [4.69, 9.17) is 0 Å². The molecule has 3 rings (SSSR count). The maximum Gasteiger partial charge on any atom is 0.278 e. The Morgan fingerprint density at radius 2 is 1.77 bits per heavy atom. The van der Waals surface area contributed by atoms with Crippen LogP contribution in [0.1, 0.15) is 13.8 Å². The number of carbonyl (C=O) groups is 2. The van der Waals surface area contributed by atoms with Gasteiger partial charge in [-0.2, -0.15) is 0 Å². The number of hydrogen-bond donors (Lipinski definition) is 3. The molecule has 0 fully saturated rings. The first-order chi connectivity index (χ1) is 14.8. The Morgan fingerprint density at radius 3 is 2.45 bits per heavy atom. The third-order valence-electron chi connectivity index (χ3n) is 4.11. The van der Waals surface area contributed by atoms with Crippen LogP contribution in [0, 0.1) is 11.7 Å². The molecule has 160 valence electrons. The molecule has 0 radical (unpaired) electrons. The quantitative estimate of drug-likeness (QED) is 0.485. The fraction of sp³-hybridized carbons (Fsp3) is 0.190. The lowest BCUT2D eigenvalue weighted by Crippen LogP contribution is -2.20. The Morgan fingerprint density at radius 1 is 1.06 bits per heavy atom. The van der Waals surface area contributed by atoms with Gasteiger partial charge in [-0.05, 0) is 30.3 Å². The van der Waals surface area contributed by atoms with E-state index in [1.54, 1.807) is 38.1 Å². The summed E-state index contributed by atoms with van der Waals surface area (Å²) in [6, 6.07) is 12.2. The Balaban J connectivity index is 1.69. The van der Waals surface area contributed by atoms with Crippen LogP contribution in [0.2, 0.25) is 0 Å². The molecule has 3 N–H and O–H groups in total. The second kappa shape index (κ2) is 9.98. The second-order valence-corrected chi connectivity index (χ2v) is 7.81. The van der Waals surface area contributed by atoms with Crippen LogP contribution in [0.25, 0.3) is 11.3 Å². The van der Waals surface area contributed by atoms with E-state index < -0.39 is 11.4 Å². The average Bonchev–Trinajstić information content (AvgIpc) is 2.74. The maximum atomic E-state index is 12.9. The number of amides is 2. The lowest BCUT2D eigenvalue weighted by Gasteiger charge is -2.11. The molecule has 0 atom stereocenters. The normalized spacial score (nSPS) is 10.7. The van der Waals surface area contributed by atoms with Crippen molar-refractivity contribution in [1.29, 1.82) is 0 Å². The molecule has 0 unspecified atom stereocenters. The molecule has 1 aromatic heterocycles. The molecule has 0 aliphatic heterocycles. The summed E-state index contributed by atoms with van der Waals surface area (Å²) in [5, 5.41) is 13.5. The van der Waals surface area contributed by atoms with Gasteiger partial charge in [-0.15, -0.1) is 10.2 Å². The number of aromatic nitrogens is 3. The van der Waals surface area contributed by atoms with E-state index in [0.717, 1.165) is 11.8 Å². The molecule has 0 bridgehead atoms. The molecular formula is C21H20FN5O3S. The summed E-state index contributed by atoms with van der Waals surface area (Å²) >= 11 is 1.00. The first-order valence-corrected chi connectivity index (χ1v) is 10.4. The van der Waals surface area contributed by atoms with Crippen molar-refractivity contribution in [3.63, 3.8) is 0 Å². The highest BCUT2D eigenvalue weighted by atomic mass is 32.2. The number of nitrogens with one attached hydrogen (secondary N) is 3. The largest absolute Gasteiger partial charge is 0.325 e. The van der Waals surface area contributed by atoms with Gasteiger partial charge in [0, 0.05) is 17.2 Å². The molecule has 3 aromatic rings. The van der Waals surface area contributed by atoms with Crippen molar-refractivity contribution >= 4 is 35.0 Å². The summed E-state index contributed by atoms with van der Waals surface area (Å²) in [4.78, 5) is 39.2. The van der Waals surface area contributed by atoms with E-state index in [9.17, 15) is 18.8 Å². The van der Waals surface area contributed by atoms with Gasteiger partial charge in [0.15, 0.2) is 10.9 Å². The number of H-pyrrole nitrogens is 1. The second-order valence-electron chi connectivity index (χ2n) is 6.84. The number of benzene rings is 2. The number of hydrogen-bond acceptors (Lipinski definition) is 6. The minimum atomic E-state index is -0.498. The van der Waals surface area contributed by atoms with Crippen molar-refractivity contribution in [3.8, 4) is 11.3 Å². The molecule has 2 aromatic carbocycles. The molecule has 0 saturated heterocycles. The van der Waals surface area contributed by atoms with Crippen LogP contribution in [0.4, 0.5) is 15.8 Å². The third-order valence-corrected chi connectivity index (χ3v) is 4.97. The van der Waals surface area contributed by atoms with Crippen molar-refractivity contribution in [3.05, 3.63) is 64.7 Å². The lowest BCUT2D eigenvalue weighted by atomic mass is 10.1. The van der Waals surface area contributed by atoms with E-state index in [1.165, 1.54) is 24.3 Å². The van der Waals surface area contributed by atoms with Gasteiger partial charge < -0.3 is 10.6 Å². The van der Waals surface area contributed by atoms with Crippen molar-refractivity contribution in [2.75, 3.05) is 16.4 Å². The molecule has 31 heavy (non-hydrogen) atoms. The first-order valence-electron chi connectivity index (χ1n) is 9.39. The van der Waals surface area contributed by atoms with Crippen LogP contribution in [0.3, 0.4) is 0 Å². The van der Waals surface area contributed by atoms with Gasteiger partial charge in [0.25, 0.3) is 5.56 Å². The Hall–Kier alpha value is -3.53. The zero-order valence-electron chi connectivity index (χ0n) is 16.8. The zero-order valence-corrected chi connectivity index (χ0v) is 17.6. The molecule has 0 aliphatic rings. The summed E-state index contributed by atoms with van der Waals surface area (Å²) in [6.07, 6.45) is 0. The maximum absolute atomic E-state index is 12.9. The fourth-order valence-corrected chi connectivity index (χ4v) is 3.11. The highest BCUT2D eigenvalue weighted by Crippen LogP contribution is 2.24. The van der Waals surface area contributed by atoms with E-state index in [-0.39, 0.29) is 34.3 Å². The Bertz CT molecular complexity index is 1150. The first kappa shape index (κ1) is 22.2.